The Bertz CT molecular complexity index is 275. The van der Waals surface area contributed by atoms with Gasteiger partial charge in [-0.3, -0.25) is 0 Å². The van der Waals surface area contributed by atoms with Gasteiger partial charge >= 0.3 is 0 Å². The molecular formula is C10H16N2S. The van der Waals surface area contributed by atoms with Gasteiger partial charge in [0.05, 0.1) is 5.70 Å². The third-order valence-corrected chi connectivity index (χ3v) is 1.66. The van der Waals surface area contributed by atoms with Gasteiger partial charge in [-0.25, -0.2) is 0 Å². The molecule has 3 heteroatoms. The minimum atomic E-state index is 0.511. The van der Waals surface area contributed by atoms with Crippen molar-refractivity contribution in [2.45, 2.75) is 13.8 Å². The zero-order chi connectivity index (χ0) is 10.4. The summed E-state index contributed by atoms with van der Waals surface area (Å²) in [6, 6.07) is 0. The second-order valence-electron chi connectivity index (χ2n) is 2.68. The van der Waals surface area contributed by atoms with Crippen molar-refractivity contribution < 1.29 is 0 Å². The Morgan fingerprint density at radius 2 is 2.00 bits per heavy atom. The van der Waals surface area contributed by atoms with Gasteiger partial charge in [0.25, 0.3) is 0 Å². The third kappa shape index (κ3) is 3.90. The van der Waals surface area contributed by atoms with Crippen LogP contribution in [0.3, 0.4) is 0 Å². The Balaban J connectivity index is 4.78. The molecule has 0 aromatic heterocycles. The van der Waals surface area contributed by atoms with Gasteiger partial charge in [-0.2, -0.15) is 0 Å². The van der Waals surface area contributed by atoms with E-state index < -0.39 is 0 Å². The third-order valence-electron chi connectivity index (χ3n) is 1.40. The lowest BCUT2D eigenvalue weighted by Crippen LogP contribution is -2.14. The van der Waals surface area contributed by atoms with E-state index in [1.807, 2.05) is 19.9 Å². The summed E-state index contributed by atoms with van der Waals surface area (Å²) in [5, 5.41) is 4.68. The number of hydrogen-bond donors (Lipinski definition) is 3. The number of thiol groups is 1. The molecule has 0 rings (SSSR count). The van der Waals surface area contributed by atoms with Crippen molar-refractivity contribution in [2.24, 2.45) is 5.73 Å². The van der Waals surface area contributed by atoms with E-state index in [1.165, 1.54) is 0 Å². The molecule has 13 heavy (non-hydrogen) atoms. The first-order valence-corrected chi connectivity index (χ1v) is 4.43. The van der Waals surface area contributed by atoms with Crippen molar-refractivity contribution >= 4 is 12.6 Å². The highest BCUT2D eigenvalue weighted by molar-refractivity contribution is 7.83. The van der Waals surface area contributed by atoms with Crippen molar-refractivity contribution in [1.29, 1.82) is 0 Å². The Morgan fingerprint density at radius 3 is 2.23 bits per heavy atom. The zero-order valence-electron chi connectivity index (χ0n) is 8.09. The summed E-state index contributed by atoms with van der Waals surface area (Å²) in [5.74, 6) is 0. The fraction of sp³-hybridized carbons (Fsp3) is 0.200. The zero-order valence-corrected chi connectivity index (χ0v) is 8.99. The van der Waals surface area contributed by atoms with Gasteiger partial charge in [0, 0.05) is 17.0 Å². The molecule has 2 nitrogen and oxygen atoms in total. The van der Waals surface area contributed by atoms with Crippen molar-refractivity contribution in [3.8, 4) is 0 Å². The molecule has 0 saturated heterocycles. The molecule has 0 aliphatic carbocycles. The molecule has 0 atom stereocenters. The first-order chi connectivity index (χ1) is 6.02. The Morgan fingerprint density at radius 1 is 1.46 bits per heavy atom. The van der Waals surface area contributed by atoms with Gasteiger partial charge in [0.2, 0.25) is 0 Å². The molecule has 0 aliphatic rings. The average Bonchev–Trinajstić information content (AvgIpc) is 2.02. The number of hydrogen-bond acceptors (Lipinski definition) is 3. The predicted octanol–water partition coefficient (Wildman–Crippen LogP) is 2.30. The van der Waals surface area contributed by atoms with E-state index in [-0.39, 0.29) is 0 Å². The smallest absolute Gasteiger partial charge is 0.0533 e. The maximum Gasteiger partial charge on any atom is 0.0533 e. The van der Waals surface area contributed by atoms with Crippen molar-refractivity contribution in [2.75, 3.05) is 0 Å². The maximum atomic E-state index is 5.59. The molecule has 0 aromatic carbocycles. The highest BCUT2D eigenvalue weighted by Gasteiger charge is 2.04. The van der Waals surface area contributed by atoms with Crippen LogP contribution in [0.2, 0.25) is 0 Å². The molecule has 0 radical (unpaired) electrons. The van der Waals surface area contributed by atoms with Crippen molar-refractivity contribution in [1.82, 2.24) is 5.32 Å². The molecule has 72 valence electrons. The molecular weight excluding hydrogens is 180 g/mol. The van der Waals surface area contributed by atoms with Crippen LogP contribution < -0.4 is 11.1 Å². The minimum Gasteiger partial charge on any atom is -0.399 e. The second kappa shape index (κ2) is 5.54. The summed E-state index contributed by atoms with van der Waals surface area (Å²) in [7, 11) is 0. The van der Waals surface area contributed by atoms with Crippen molar-refractivity contribution in [3.63, 3.8) is 0 Å². The number of nitrogens with one attached hydrogen (secondary N) is 1. The summed E-state index contributed by atoms with van der Waals surface area (Å²) >= 11 is 4.07. The first kappa shape index (κ1) is 11.9. The maximum absolute atomic E-state index is 5.59. The van der Waals surface area contributed by atoms with Crippen LogP contribution in [0, 0.1) is 0 Å². The monoisotopic (exact) mass is 196 g/mol. The van der Waals surface area contributed by atoms with Gasteiger partial charge < -0.3 is 11.1 Å². The summed E-state index contributed by atoms with van der Waals surface area (Å²) in [6.07, 6.45) is 1.88. The van der Waals surface area contributed by atoms with E-state index in [2.05, 4.69) is 31.1 Å². The molecule has 0 spiro atoms. The van der Waals surface area contributed by atoms with Crippen LogP contribution in [-0.4, -0.2) is 0 Å². The largest absolute Gasteiger partial charge is 0.399 e. The van der Waals surface area contributed by atoms with Gasteiger partial charge in [-0.15, -0.1) is 12.6 Å². The summed E-state index contributed by atoms with van der Waals surface area (Å²) in [6.45, 7) is 11.2. The lowest BCUT2D eigenvalue weighted by Gasteiger charge is -2.13. The van der Waals surface area contributed by atoms with E-state index >= 15 is 0 Å². The van der Waals surface area contributed by atoms with Gasteiger partial charge in [-0.1, -0.05) is 19.2 Å². The number of allylic oxidation sites excluding steroid dienone is 2. The fourth-order valence-electron chi connectivity index (χ4n) is 0.913. The highest BCUT2D eigenvalue weighted by atomic mass is 32.1. The summed E-state index contributed by atoms with van der Waals surface area (Å²) in [4.78, 5) is 0. The van der Waals surface area contributed by atoms with E-state index in [0.717, 1.165) is 17.0 Å². The van der Waals surface area contributed by atoms with Crippen LogP contribution in [-0.2, 0) is 0 Å². The van der Waals surface area contributed by atoms with Gasteiger partial charge in [-0.05, 0) is 19.3 Å². The van der Waals surface area contributed by atoms with Crippen LogP contribution in [0.4, 0.5) is 0 Å². The van der Waals surface area contributed by atoms with E-state index in [9.17, 15) is 0 Å². The van der Waals surface area contributed by atoms with Crippen LogP contribution in [0.1, 0.15) is 13.8 Å². The minimum absolute atomic E-state index is 0.511. The molecule has 0 aliphatic heterocycles. The Labute approximate surface area is 85.3 Å². The Hall–Kier alpha value is -1.09. The Kier molecular flexibility index (Phi) is 5.07. The molecule has 0 unspecified atom stereocenters. The SMILES string of the molecule is C=C(C)NC(=C/S)/C(=C\C)C(=C)N. The lowest BCUT2D eigenvalue weighted by atomic mass is 10.1. The van der Waals surface area contributed by atoms with Crippen LogP contribution >= 0.6 is 12.6 Å². The lowest BCUT2D eigenvalue weighted by molar-refractivity contribution is 0.987. The summed E-state index contributed by atoms with van der Waals surface area (Å²) < 4.78 is 0. The van der Waals surface area contributed by atoms with E-state index in [1.54, 1.807) is 5.41 Å². The second-order valence-corrected chi connectivity index (χ2v) is 2.93. The first-order valence-electron chi connectivity index (χ1n) is 3.91. The average molecular weight is 196 g/mol. The molecule has 0 bridgehead atoms. The van der Waals surface area contributed by atoms with Gasteiger partial charge in [0.15, 0.2) is 0 Å². The van der Waals surface area contributed by atoms with Crippen LogP contribution in [0.15, 0.2) is 47.3 Å². The van der Waals surface area contributed by atoms with E-state index in [4.69, 9.17) is 5.73 Å². The molecule has 0 aromatic rings. The van der Waals surface area contributed by atoms with Crippen LogP contribution in [0.25, 0.3) is 0 Å². The normalized spacial score (nSPS) is 12.5. The molecule has 0 heterocycles. The van der Waals surface area contributed by atoms with Gasteiger partial charge in [0.1, 0.15) is 0 Å². The highest BCUT2D eigenvalue weighted by Crippen LogP contribution is 2.13. The molecule has 3 N–H and O–H groups in total. The standard InChI is InChI=1S/C10H16N2S/c1-5-9(8(4)11)10(6-13)12-7(2)3/h5-6,12-13H,2,4,11H2,1,3H3/b9-5-,10-6+. The molecule has 0 fully saturated rings. The number of rotatable bonds is 4. The van der Waals surface area contributed by atoms with Crippen LogP contribution in [0.5, 0.6) is 0 Å². The molecule has 0 saturated carbocycles. The summed E-state index contributed by atoms with van der Waals surface area (Å²) in [5.41, 5.74) is 8.59. The fourth-order valence-corrected chi connectivity index (χ4v) is 1.12. The van der Waals surface area contributed by atoms with Crippen molar-refractivity contribution in [3.05, 3.63) is 47.3 Å². The van der Waals surface area contributed by atoms with E-state index in [0.29, 0.717) is 5.70 Å². The topological polar surface area (TPSA) is 38.0 Å². The molecule has 0 amide bonds. The predicted molar refractivity (Wildman–Crippen MR) is 62.1 cm³/mol. The quantitative estimate of drug-likeness (QED) is 0.477. The number of nitrogens with two attached hydrogens (primary N) is 1.